The first kappa shape index (κ1) is 28.3. The highest BCUT2D eigenvalue weighted by atomic mass is 35.5. The van der Waals surface area contributed by atoms with E-state index < -0.39 is 28.8 Å². The summed E-state index contributed by atoms with van der Waals surface area (Å²) in [6, 6.07) is 7.14. The Labute approximate surface area is 219 Å². The van der Waals surface area contributed by atoms with Crippen molar-refractivity contribution in [3.05, 3.63) is 57.4 Å². The molecule has 2 aromatic rings. The van der Waals surface area contributed by atoms with Gasteiger partial charge in [-0.2, -0.15) is 18.4 Å². The largest absolute Gasteiger partial charge is 0.448 e. The topological polar surface area (TPSA) is 75.3 Å². The third kappa shape index (κ3) is 6.37. The summed E-state index contributed by atoms with van der Waals surface area (Å²) >= 11 is 5.75. The Balaban J connectivity index is 1.83. The maximum Gasteiger partial charge on any atom is 0.417 e. The van der Waals surface area contributed by atoms with Crippen molar-refractivity contribution < 1.29 is 27.5 Å². The Hall–Kier alpha value is -3.25. The van der Waals surface area contributed by atoms with E-state index in [4.69, 9.17) is 16.3 Å². The molecule has 10 heteroatoms. The quantitative estimate of drug-likeness (QED) is 0.244. The predicted octanol–water partition coefficient (Wildman–Crippen LogP) is 6.40. The van der Waals surface area contributed by atoms with Crippen LogP contribution in [0.5, 0.6) is 0 Å². The summed E-state index contributed by atoms with van der Waals surface area (Å²) in [4.78, 5) is 27.1. The van der Waals surface area contributed by atoms with Gasteiger partial charge in [0.05, 0.1) is 10.6 Å². The second-order valence-electron chi connectivity index (χ2n) is 9.28. The van der Waals surface area contributed by atoms with Crippen molar-refractivity contribution in [1.29, 1.82) is 5.26 Å². The molecule has 1 aromatic carbocycles. The van der Waals surface area contributed by atoms with Crippen molar-refractivity contribution in [3.8, 4) is 11.8 Å². The maximum absolute atomic E-state index is 13.4. The summed E-state index contributed by atoms with van der Waals surface area (Å²) in [5.74, 6) is -1.28. The highest BCUT2D eigenvalue weighted by Gasteiger charge is 2.34. The Morgan fingerprint density at radius 1 is 1.22 bits per heavy atom. The third-order valence-electron chi connectivity index (χ3n) is 6.73. The van der Waals surface area contributed by atoms with Gasteiger partial charge in [-0.1, -0.05) is 30.9 Å². The normalized spacial score (nSPS) is 15.7. The summed E-state index contributed by atoms with van der Waals surface area (Å²) in [7, 11) is 1.69. The molecule has 1 saturated carbocycles. The fraction of sp³-hybridized carbons (Fsp3) is 0.444. The molecule has 0 radical (unpaired) electrons. The lowest BCUT2D eigenvalue weighted by molar-refractivity contribution is -0.156. The molecule has 198 valence electrons. The van der Waals surface area contributed by atoms with Crippen LogP contribution in [-0.2, 0) is 20.5 Å². The number of amides is 1. The number of esters is 1. The molecule has 0 bridgehead atoms. The van der Waals surface area contributed by atoms with Gasteiger partial charge in [0.15, 0.2) is 6.10 Å². The lowest BCUT2D eigenvalue weighted by Crippen LogP contribution is -2.44. The molecule has 1 fully saturated rings. The standard InChI is InChI=1S/C27H29ClF3N3O3/c1-16-12-19(17(2)34(16)22-10-11-24(28)23(14-22)27(29,30)31)13-20(15-32)26(36)37-18(3)25(35)33(4)21-8-6-5-7-9-21/h10-14,18,21H,5-9H2,1-4H3/b20-13+/t18-/m1/s1. The summed E-state index contributed by atoms with van der Waals surface area (Å²) < 4.78 is 47.0. The number of nitrogens with zero attached hydrogens (tertiary/aromatic N) is 3. The van der Waals surface area contributed by atoms with Crippen LogP contribution in [0.3, 0.4) is 0 Å². The van der Waals surface area contributed by atoms with E-state index >= 15 is 0 Å². The molecule has 0 saturated heterocycles. The molecule has 0 N–H and O–H groups in total. The number of rotatable bonds is 6. The van der Waals surface area contributed by atoms with Crippen molar-refractivity contribution in [2.75, 3.05) is 7.05 Å². The number of benzene rings is 1. The molecular weight excluding hydrogens is 507 g/mol. The number of hydrogen-bond donors (Lipinski definition) is 0. The van der Waals surface area contributed by atoms with Gasteiger partial charge in [-0.3, -0.25) is 4.79 Å². The molecule has 0 aliphatic heterocycles. The fourth-order valence-electron chi connectivity index (χ4n) is 4.70. The van der Waals surface area contributed by atoms with E-state index in [1.807, 2.05) is 0 Å². The minimum Gasteiger partial charge on any atom is -0.448 e. The minimum atomic E-state index is -4.62. The molecule has 0 unspecified atom stereocenters. The van der Waals surface area contributed by atoms with Crippen molar-refractivity contribution in [3.63, 3.8) is 0 Å². The van der Waals surface area contributed by atoms with Gasteiger partial charge in [-0.05, 0) is 69.5 Å². The molecule has 1 heterocycles. The van der Waals surface area contributed by atoms with Crippen LogP contribution in [-0.4, -0.2) is 40.5 Å². The molecule has 0 spiro atoms. The Morgan fingerprint density at radius 3 is 2.46 bits per heavy atom. The summed E-state index contributed by atoms with van der Waals surface area (Å²) in [6.07, 6.45) is 0.652. The molecule has 37 heavy (non-hydrogen) atoms. The SMILES string of the molecule is Cc1cc(/C=C(\C#N)C(=O)O[C@H](C)C(=O)N(C)C2CCCCC2)c(C)n1-c1ccc(Cl)c(C(F)(F)F)c1. The van der Waals surface area contributed by atoms with Crippen LogP contribution >= 0.6 is 11.6 Å². The number of carbonyl (C=O) groups excluding carboxylic acids is 2. The molecule has 1 aliphatic carbocycles. The zero-order valence-electron chi connectivity index (χ0n) is 21.2. The first-order valence-electron chi connectivity index (χ1n) is 12.0. The fourth-order valence-corrected chi connectivity index (χ4v) is 4.93. The van der Waals surface area contributed by atoms with Crippen molar-refractivity contribution in [2.24, 2.45) is 0 Å². The van der Waals surface area contributed by atoms with Gasteiger partial charge in [0, 0.05) is 30.2 Å². The van der Waals surface area contributed by atoms with Crippen LogP contribution in [0.2, 0.25) is 5.02 Å². The van der Waals surface area contributed by atoms with E-state index in [1.165, 1.54) is 25.1 Å². The number of halogens is 4. The first-order valence-corrected chi connectivity index (χ1v) is 12.4. The van der Waals surface area contributed by atoms with Gasteiger partial charge < -0.3 is 14.2 Å². The van der Waals surface area contributed by atoms with Crippen molar-refractivity contribution >= 4 is 29.6 Å². The zero-order valence-corrected chi connectivity index (χ0v) is 21.9. The summed E-state index contributed by atoms with van der Waals surface area (Å²) in [5, 5.41) is 9.19. The average molecular weight is 536 g/mol. The Morgan fingerprint density at radius 2 is 1.86 bits per heavy atom. The summed E-state index contributed by atoms with van der Waals surface area (Å²) in [5.41, 5.74) is 0.490. The van der Waals surface area contributed by atoms with Gasteiger partial charge in [0.1, 0.15) is 11.6 Å². The lowest BCUT2D eigenvalue weighted by Gasteiger charge is -2.32. The monoisotopic (exact) mass is 535 g/mol. The summed E-state index contributed by atoms with van der Waals surface area (Å²) in [6.45, 7) is 4.82. The minimum absolute atomic E-state index is 0.101. The molecule has 6 nitrogen and oxygen atoms in total. The van der Waals surface area contributed by atoms with E-state index in [1.54, 1.807) is 42.5 Å². The molecule has 1 amide bonds. The average Bonchev–Trinajstić information content (AvgIpc) is 3.14. The van der Waals surface area contributed by atoms with Crippen LogP contribution in [0.1, 0.15) is 61.5 Å². The van der Waals surface area contributed by atoms with E-state index in [-0.39, 0.29) is 23.2 Å². The molecule has 1 atom stereocenters. The van der Waals surface area contributed by atoms with E-state index in [0.717, 1.165) is 38.2 Å². The third-order valence-corrected chi connectivity index (χ3v) is 7.06. The lowest BCUT2D eigenvalue weighted by atomic mass is 9.94. The maximum atomic E-state index is 13.4. The number of carbonyl (C=O) groups is 2. The predicted molar refractivity (Wildman–Crippen MR) is 134 cm³/mol. The second kappa shape index (κ2) is 11.4. The first-order chi connectivity index (χ1) is 17.3. The van der Waals surface area contributed by atoms with E-state index in [0.29, 0.717) is 17.0 Å². The highest BCUT2D eigenvalue weighted by molar-refractivity contribution is 6.31. The zero-order chi connectivity index (χ0) is 27.5. The Bertz CT molecular complexity index is 1250. The van der Waals surface area contributed by atoms with Gasteiger partial charge in [0.2, 0.25) is 0 Å². The van der Waals surface area contributed by atoms with Crippen LogP contribution < -0.4 is 0 Å². The number of likely N-dealkylation sites (N-methyl/N-ethyl adjacent to an activating group) is 1. The van der Waals surface area contributed by atoms with Gasteiger partial charge >= 0.3 is 12.1 Å². The number of alkyl halides is 3. The second-order valence-corrected chi connectivity index (χ2v) is 9.69. The van der Waals surface area contributed by atoms with Crippen LogP contribution in [0.25, 0.3) is 11.8 Å². The number of ether oxygens (including phenoxy) is 1. The van der Waals surface area contributed by atoms with E-state index in [2.05, 4.69) is 0 Å². The number of hydrogen-bond acceptors (Lipinski definition) is 4. The van der Waals surface area contributed by atoms with Crippen LogP contribution in [0.4, 0.5) is 13.2 Å². The van der Waals surface area contributed by atoms with Crippen LogP contribution in [0.15, 0.2) is 29.8 Å². The van der Waals surface area contributed by atoms with Crippen molar-refractivity contribution in [1.82, 2.24) is 9.47 Å². The highest BCUT2D eigenvalue weighted by Crippen LogP contribution is 2.36. The molecule has 1 aliphatic rings. The number of aryl methyl sites for hydroxylation is 1. The van der Waals surface area contributed by atoms with Gasteiger partial charge in [-0.15, -0.1) is 0 Å². The molecule has 3 rings (SSSR count). The smallest absolute Gasteiger partial charge is 0.417 e. The van der Waals surface area contributed by atoms with Gasteiger partial charge in [-0.25, -0.2) is 4.79 Å². The molecule has 1 aromatic heterocycles. The van der Waals surface area contributed by atoms with E-state index in [9.17, 15) is 28.0 Å². The van der Waals surface area contributed by atoms with Gasteiger partial charge in [0.25, 0.3) is 5.91 Å². The number of aromatic nitrogens is 1. The Kier molecular flexibility index (Phi) is 8.75. The van der Waals surface area contributed by atoms with Crippen molar-refractivity contribution in [2.45, 2.75) is 71.2 Å². The number of nitriles is 1. The van der Waals surface area contributed by atoms with Crippen LogP contribution in [0, 0.1) is 25.2 Å². The molecular formula is C27H29ClF3N3O3.